The molecule has 0 aliphatic heterocycles. The van der Waals surface area contributed by atoms with Crippen molar-refractivity contribution >= 4 is 11.9 Å². The molecule has 0 aromatic carbocycles. The Morgan fingerprint density at radius 1 is 1.33 bits per heavy atom. The summed E-state index contributed by atoms with van der Waals surface area (Å²) in [5.74, 6) is -0.564. The SMILES string of the molecule is CC(C)C[C@H](CNC(=O)C(C)(C)CN)CC(=O)O. The second-order valence-electron chi connectivity index (χ2n) is 5.89. The highest BCUT2D eigenvalue weighted by Gasteiger charge is 2.26. The van der Waals surface area contributed by atoms with Gasteiger partial charge in [0.2, 0.25) is 5.91 Å². The van der Waals surface area contributed by atoms with E-state index in [2.05, 4.69) is 5.32 Å². The molecule has 0 aromatic rings. The Morgan fingerprint density at radius 3 is 2.28 bits per heavy atom. The van der Waals surface area contributed by atoms with Crippen molar-refractivity contribution in [3.8, 4) is 0 Å². The molecule has 0 rings (SSSR count). The predicted octanol–water partition coefficient (Wildman–Crippen LogP) is 1.22. The van der Waals surface area contributed by atoms with E-state index in [0.717, 1.165) is 6.42 Å². The van der Waals surface area contributed by atoms with Gasteiger partial charge in [-0.15, -0.1) is 0 Å². The minimum Gasteiger partial charge on any atom is -0.481 e. The third-order valence-electron chi connectivity index (χ3n) is 2.94. The lowest BCUT2D eigenvalue weighted by molar-refractivity contribution is -0.138. The summed E-state index contributed by atoms with van der Waals surface area (Å²) in [5.41, 5.74) is 4.91. The molecule has 5 nitrogen and oxygen atoms in total. The van der Waals surface area contributed by atoms with Gasteiger partial charge in [0.1, 0.15) is 0 Å². The van der Waals surface area contributed by atoms with E-state index in [9.17, 15) is 9.59 Å². The zero-order chi connectivity index (χ0) is 14.3. The summed E-state index contributed by atoms with van der Waals surface area (Å²) in [6, 6.07) is 0. The molecule has 0 saturated heterocycles. The fourth-order valence-electron chi connectivity index (χ4n) is 1.72. The molecule has 1 atom stereocenters. The van der Waals surface area contributed by atoms with E-state index in [-0.39, 0.29) is 24.8 Å². The number of nitrogens with two attached hydrogens (primary N) is 1. The Hall–Kier alpha value is -1.10. The quantitative estimate of drug-likeness (QED) is 0.610. The number of hydrogen-bond acceptors (Lipinski definition) is 3. The molecule has 5 heteroatoms. The molecule has 0 unspecified atom stereocenters. The fraction of sp³-hybridized carbons (Fsp3) is 0.846. The summed E-state index contributed by atoms with van der Waals surface area (Å²) < 4.78 is 0. The second-order valence-corrected chi connectivity index (χ2v) is 5.89. The molecule has 0 saturated carbocycles. The summed E-state index contributed by atoms with van der Waals surface area (Å²) in [5, 5.41) is 11.6. The largest absolute Gasteiger partial charge is 0.481 e. The van der Waals surface area contributed by atoms with E-state index in [1.54, 1.807) is 13.8 Å². The molecule has 106 valence electrons. The minimum absolute atomic E-state index is 0.0278. The summed E-state index contributed by atoms with van der Waals surface area (Å²) in [6.07, 6.45) is 0.872. The van der Waals surface area contributed by atoms with Gasteiger partial charge in [0.25, 0.3) is 0 Å². The van der Waals surface area contributed by atoms with E-state index >= 15 is 0 Å². The van der Waals surface area contributed by atoms with Crippen LogP contribution in [0.15, 0.2) is 0 Å². The lowest BCUT2D eigenvalue weighted by Gasteiger charge is -2.24. The fourth-order valence-corrected chi connectivity index (χ4v) is 1.72. The molecule has 0 aromatic heterocycles. The highest BCUT2D eigenvalue weighted by molar-refractivity contribution is 5.82. The third kappa shape index (κ3) is 6.59. The molecule has 0 fully saturated rings. The Morgan fingerprint density at radius 2 is 1.89 bits per heavy atom. The van der Waals surface area contributed by atoms with E-state index < -0.39 is 11.4 Å². The maximum Gasteiger partial charge on any atom is 0.303 e. The van der Waals surface area contributed by atoms with Crippen LogP contribution in [0, 0.1) is 17.3 Å². The van der Waals surface area contributed by atoms with E-state index in [4.69, 9.17) is 10.8 Å². The van der Waals surface area contributed by atoms with Crippen LogP contribution in [0.3, 0.4) is 0 Å². The summed E-state index contributed by atoms with van der Waals surface area (Å²) >= 11 is 0. The number of amides is 1. The lowest BCUT2D eigenvalue weighted by atomic mass is 9.91. The van der Waals surface area contributed by atoms with Gasteiger partial charge in [0, 0.05) is 19.5 Å². The van der Waals surface area contributed by atoms with Crippen LogP contribution in [-0.4, -0.2) is 30.1 Å². The summed E-state index contributed by atoms with van der Waals surface area (Å²) in [7, 11) is 0. The van der Waals surface area contributed by atoms with Gasteiger partial charge in [-0.1, -0.05) is 13.8 Å². The van der Waals surface area contributed by atoms with Gasteiger partial charge in [-0.3, -0.25) is 9.59 Å². The average Bonchev–Trinajstić information content (AvgIpc) is 2.23. The number of carbonyl (C=O) groups excluding carboxylic acids is 1. The predicted molar refractivity (Wildman–Crippen MR) is 71.0 cm³/mol. The smallest absolute Gasteiger partial charge is 0.303 e. The van der Waals surface area contributed by atoms with Gasteiger partial charge in [0.05, 0.1) is 5.41 Å². The first-order valence-corrected chi connectivity index (χ1v) is 6.39. The number of hydrogen-bond donors (Lipinski definition) is 3. The molecule has 0 aliphatic carbocycles. The van der Waals surface area contributed by atoms with Crippen LogP contribution in [0.25, 0.3) is 0 Å². The molecule has 0 aliphatic rings. The van der Waals surface area contributed by atoms with Crippen molar-refractivity contribution in [2.45, 2.75) is 40.5 Å². The van der Waals surface area contributed by atoms with Gasteiger partial charge in [-0.2, -0.15) is 0 Å². The minimum atomic E-state index is -0.826. The number of carbonyl (C=O) groups is 2. The standard InChI is InChI=1S/C13H26N2O3/c1-9(2)5-10(6-11(16)17)7-15-12(18)13(3,4)8-14/h9-10H,5-8,14H2,1-4H3,(H,15,18)(H,16,17)/t10-/m0/s1. The first-order chi connectivity index (χ1) is 8.19. The van der Waals surface area contributed by atoms with Crippen molar-refractivity contribution in [3.63, 3.8) is 0 Å². The van der Waals surface area contributed by atoms with E-state index in [1.807, 2.05) is 13.8 Å². The van der Waals surface area contributed by atoms with Gasteiger partial charge >= 0.3 is 5.97 Å². The van der Waals surface area contributed by atoms with Crippen LogP contribution in [0.4, 0.5) is 0 Å². The Balaban J connectivity index is 4.34. The lowest BCUT2D eigenvalue weighted by Crippen LogP contribution is -2.43. The normalized spacial score (nSPS) is 13.4. The zero-order valence-corrected chi connectivity index (χ0v) is 11.8. The highest BCUT2D eigenvalue weighted by Crippen LogP contribution is 2.16. The first kappa shape index (κ1) is 16.9. The Kier molecular flexibility index (Phi) is 6.91. The van der Waals surface area contributed by atoms with Crippen LogP contribution in [0.5, 0.6) is 0 Å². The molecule has 0 heterocycles. The number of nitrogens with one attached hydrogen (secondary N) is 1. The second kappa shape index (κ2) is 7.36. The maximum atomic E-state index is 11.8. The molecular formula is C13H26N2O3. The molecule has 4 N–H and O–H groups in total. The number of rotatable bonds is 8. The summed E-state index contributed by atoms with van der Waals surface area (Å²) in [6.45, 7) is 8.30. The first-order valence-electron chi connectivity index (χ1n) is 6.39. The number of carboxylic acid groups (broad SMARTS) is 1. The summed E-state index contributed by atoms with van der Waals surface area (Å²) in [4.78, 5) is 22.6. The van der Waals surface area contributed by atoms with Crippen molar-refractivity contribution in [3.05, 3.63) is 0 Å². The molecule has 18 heavy (non-hydrogen) atoms. The van der Waals surface area contributed by atoms with Crippen LogP contribution >= 0.6 is 0 Å². The van der Waals surface area contributed by atoms with E-state index in [0.29, 0.717) is 12.5 Å². The number of aliphatic carboxylic acids is 1. The average molecular weight is 258 g/mol. The van der Waals surface area contributed by atoms with Gasteiger partial charge in [-0.25, -0.2) is 0 Å². The zero-order valence-electron chi connectivity index (χ0n) is 11.8. The van der Waals surface area contributed by atoms with Crippen molar-refractivity contribution in [2.75, 3.05) is 13.1 Å². The monoisotopic (exact) mass is 258 g/mol. The van der Waals surface area contributed by atoms with Crippen molar-refractivity contribution in [1.82, 2.24) is 5.32 Å². The molecule has 0 radical (unpaired) electrons. The van der Waals surface area contributed by atoms with Crippen LogP contribution < -0.4 is 11.1 Å². The topological polar surface area (TPSA) is 92.4 Å². The Labute approximate surface area is 109 Å². The van der Waals surface area contributed by atoms with Crippen LogP contribution in [-0.2, 0) is 9.59 Å². The van der Waals surface area contributed by atoms with Gasteiger partial charge < -0.3 is 16.2 Å². The highest BCUT2D eigenvalue weighted by atomic mass is 16.4. The van der Waals surface area contributed by atoms with Crippen molar-refractivity contribution < 1.29 is 14.7 Å². The maximum absolute atomic E-state index is 11.8. The molecule has 1 amide bonds. The molecule has 0 bridgehead atoms. The number of carboxylic acids is 1. The third-order valence-corrected chi connectivity index (χ3v) is 2.94. The van der Waals surface area contributed by atoms with Gasteiger partial charge in [-0.05, 0) is 32.1 Å². The Bertz CT molecular complexity index is 288. The van der Waals surface area contributed by atoms with Crippen molar-refractivity contribution in [1.29, 1.82) is 0 Å². The van der Waals surface area contributed by atoms with Crippen LogP contribution in [0.2, 0.25) is 0 Å². The molecule has 0 spiro atoms. The van der Waals surface area contributed by atoms with Crippen LogP contribution in [0.1, 0.15) is 40.5 Å². The van der Waals surface area contributed by atoms with Gasteiger partial charge in [0.15, 0.2) is 0 Å². The van der Waals surface area contributed by atoms with Crippen molar-refractivity contribution in [2.24, 2.45) is 23.0 Å². The van der Waals surface area contributed by atoms with E-state index in [1.165, 1.54) is 0 Å². The molecular weight excluding hydrogens is 232 g/mol.